The highest BCUT2D eigenvalue weighted by Gasteiger charge is 2.17. The van der Waals surface area contributed by atoms with Crippen molar-refractivity contribution in [1.29, 1.82) is 0 Å². The van der Waals surface area contributed by atoms with E-state index in [4.69, 9.17) is 22.2 Å². The second-order valence-electron chi connectivity index (χ2n) is 3.70. The number of halogens is 2. The van der Waals surface area contributed by atoms with Crippen LogP contribution >= 0.6 is 11.6 Å². The van der Waals surface area contributed by atoms with Crippen LogP contribution in [0.1, 0.15) is 17.3 Å². The molecule has 0 radical (unpaired) electrons. The van der Waals surface area contributed by atoms with E-state index in [1.807, 2.05) is 0 Å². The summed E-state index contributed by atoms with van der Waals surface area (Å²) in [5, 5.41) is 0.367. The number of benzene rings is 1. The van der Waals surface area contributed by atoms with Crippen molar-refractivity contribution in [2.75, 3.05) is 12.0 Å². The fourth-order valence-electron chi connectivity index (χ4n) is 1.71. The molecule has 0 aliphatic carbocycles. The maximum Gasteiger partial charge on any atom is 0.341 e. The first-order chi connectivity index (χ1) is 9.08. The number of fused-ring (bicyclic) bond motifs is 1. The third kappa shape index (κ3) is 2.45. The van der Waals surface area contributed by atoms with Crippen LogP contribution in [0, 0.1) is 5.82 Å². The van der Waals surface area contributed by atoms with Crippen LogP contribution in [0.25, 0.3) is 10.9 Å². The molecule has 5 nitrogen and oxygen atoms in total. The number of anilines is 1. The number of carbonyl (C=O) groups is 1. The second kappa shape index (κ2) is 5.38. The van der Waals surface area contributed by atoms with E-state index < -0.39 is 11.8 Å². The number of nitrogens with one attached hydrogen (secondary N) is 1. The van der Waals surface area contributed by atoms with Gasteiger partial charge >= 0.3 is 5.97 Å². The molecule has 0 aliphatic heterocycles. The Hall–Kier alpha value is -1.92. The predicted octanol–water partition coefficient (Wildman–Crippen LogP) is 2.49. The average Bonchev–Trinajstić information content (AvgIpc) is 2.39. The van der Waals surface area contributed by atoms with Gasteiger partial charge in [0, 0.05) is 17.6 Å². The van der Waals surface area contributed by atoms with Crippen molar-refractivity contribution in [2.45, 2.75) is 6.92 Å². The molecule has 0 fully saturated rings. The molecule has 1 aromatic heterocycles. The van der Waals surface area contributed by atoms with Gasteiger partial charge in [0.25, 0.3) is 0 Å². The highest BCUT2D eigenvalue weighted by molar-refractivity contribution is 6.31. The van der Waals surface area contributed by atoms with E-state index in [1.54, 1.807) is 6.92 Å². The van der Waals surface area contributed by atoms with Gasteiger partial charge in [-0.3, -0.25) is 10.8 Å². The Bertz CT molecular complexity index is 648. The van der Waals surface area contributed by atoms with Gasteiger partial charge in [-0.05, 0) is 13.0 Å². The number of carbonyl (C=O) groups excluding carboxylic acids is 1. The molecule has 100 valence electrons. The van der Waals surface area contributed by atoms with Crippen molar-refractivity contribution in [3.05, 3.63) is 34.7 Å². The fourth-order valence-corrected chi connectivity index (χ4v) is 1.87. The number of nitrogens with zero attached hydrogens (tertiary/aromatic N) is 1. The summed E-state index contributed by atoms with van der Waals surface area (Å²) in [6.45, 7) is 1.92. The highest BCUT2D eigenvalue weighted by atomic mass is 35.5. The summed E-state index contributed by atoms with van der Waals surface area (Å²) in [5.41, 5.74) is 3.20. The normalized spacial score (nSPS) is 10.5. The minimum absolute atomic E-state index is 0.0770. The summed E-state index contributed by atoms with van der Waals surface area (Å²) in [5.74, 6) is 4.26. The van der Waals surface area contributed by atoms with Crippen LogP contribution in [0.3, 0.4) is 0 Å². The zero-order valence-electron chi connectivity index (χ0n) is 10.0. The summed E-state index contributed by atoms with van der Waals surface area (Å²) < 4.78 is 18.2. The number of rotatable bonds is 3. The van der Waals surface area contributed by atoms with Gasteiger partial charge in [0.05, 0.1) is 22.8 Å². The molecule has 0 aliphatic rings. The van der Waals surface area contributed by atoms with Crippen molar-refractivity contribution >= 4 is 34.2 Å². The largest absolute Gasteiger partial charge is 0.462 e. The number of ether oxygens (including phenoxy) is 1. The van der Waals surface area contributed by atoms with Gasteiger partial charge in [-0.15, -0.1) is 0 Å². The van der Waals surface area contributed by atoms with E-state index in [1.165, 1.54) is 18.3 Å². The molecule has 0 amide bonds. The van der Waals surface area contributed by atoms with Crippen LogP contribution in [-0.4, -0.2) is 17.6 Å². The molecule has 0 bridgehead atoms. The molecule has 0 saturated carbocycles. The van der Waals surface area contributed by atoms with Crippen LogP contribution in [0.15, 0.2) is 18.3 Å². The van der Waals surface area contributed by atoms with E-state index in [2.05, 4.69) is 10.4 Å². The second-order valence-corrected chi connectivity index (χ2v) is 4.10. The standard InChI is InChI=1S/C12H11ClFN3O2/c1-2-19-12(18)7-5-16-10-4-9(14)8(13)3-6(10)11(7)17-15/h3-5H,2,15H2,1H3,(H,16,17). The van der Waals surface area contributed by atoms with Crippen LogP contribution in [0.4, 0.5) is 10.1 Å². The molecule has 2 aromatic rings. The molecule has 3 N–H and O–H groups in total. The van der Waals surface area contributed by atoms with Crippen LogP contribution < -0.4 is 11.3 Å². The van der Waals surface area contributed by atoms with E-state index in [-0.39, 0.29) is 17.2 Å². The Morgan fingerprint density at radius 1 is 1.58 bits per heavy atom. The molecular formula is C12H11ClFN3O2. The zero-order valence-corrected chi connectivity index (χ0v) is 10.8. The number of hydrazine groups is 1. The van der Waals surface area contributed by atoms with E-state index >= 15 is 0 Å². The Morgan fingerprint density at radius 2 is 2.32 bits per heavy atom. The first-order valence-corrected chi connectivity index (χ1v) is 5.87. The Morgan fingerprint density at radius 3 is 2.95 bits per heavy atom. The molecule has 1 aromatic carbocycles. The van der Waals surface area contributed by atoms with Gasteiger partial charge in [-0.2, -0.15) is 0 Å². The minimum Gasteiger partial charge on any atom is -0.462 e. The summed E-state index contributed by atoms with van der Waals surface area (Å²) in [7, 11) is 0. The Kier molecular flexibility index (Phi) is 3.82. The first kappa shape index (κ1) is 13.5. The molecule has 0 spiro atoms. The van der Waals surface area contributed by atoms with E-state index in [0.29, 0.717) is 16.6 Å². The fraction of sp³-hybridized carbons (Fsp3) is 0.167. The lowest BCUT2D eigenvalue weighted by Crippen LogP contribution is -2.15. The summed E-state index contributed by atoms with van der Waals surface area (Å²) >= 11 is 5.72. The molecule has 0 saturated heterocycles. The SMILES string of the molecule is CCOC(=O)c1cnc2cc(F)c(Cl)cc2c1NN. The van der Waals surface area contributed by atoms with Gasteiger partial charge in [0.2, 0.25) is 0 Å². The Labute approximate surface area is 113 Å². The minimum atomic E-state index is -0.589. The van der Waals surface area contributed by atoms with Crippen molar-refractivity contribution in [2.24, 2.45) is 5.84 Å². The lowest BCUT2D eigenvalue weighted by Gasteiger charge is -2.11. The predicted molar refractivity (Wildman–Crippen MR) is 70.5 cm³/mol. The van der Waals surface area contributed by atoms with Gasteiger partial charge < -0.3 is 10.2 Å². The smallest absolute Gasteiger partial charge is 0.341 e. The monoisotopic (exact) mass is 283 g/mol. The van der Waals surface area contributed by atoms with Crippen molar-refractivity contribution in [1.82, 2.24) is 4.98 Å². The number of hydrogen-bond acceptors (Lipinski definition) is 5. The van der Waals surface area contributed by atoms with Crippen LogP contribution in [0.5, 0.6) is 0 Å². The number of nitrogen functional groups attached to an aromatic ring is 1. The van der Waals surface area contributed by atoms with Crippen molar-refractivity contribution in [3.63, 3.8) is 0 Å². The van der Waals surface area contributed by atoms with E-state index in [0.717, 1.165) is 0 Å². The van der Waals surface area contributed by atoms with Crippen LogP contribution in [-0.2, 0) is 4.74 Å². The summed E-state index contributed by atoms with van der Waals surface area (Å²) in [6.07, 6.45) is 1.28. The van der Waals surface area contributed by atoms with Crippen molar-refractivity contribution in [3.8, 4) is 0 Å². The van der Waals surface area contributed by atoms with Gasteiger partial charge in [0.15, 0.2) is 0 Å². The molecule has 7 heteroatoms. The molecule has 1 heterocycles. The third-order valence-corrected chi connectivity index (χ3v) is 2.84. The maximum absolute atomic E-state index is 13.3. The lowest BCUT2D eigenvalue weighted by molar-refractivity contribution is 0.0527. The van der Waals surface area contributed by atoms with E-state index in [9.17, 15) is 9.18 Å². The average molecular weight is 284 g/mol. The van der Waals surface area contributed by atoms with Crippen LogP contribution in [0.2, 0.25) is 5.02 Å². The highest BCUT2D eigenvalue weighted by Crippen LogP contribution is 2.29. The number of nitrogens with two attached hydrogens (primary N) is 1. The summed E-state index contributed by atoms with van der Waals surface area (Å²) in [4.78, 5) is 15.8. The van der Waals surface area contributed by atoms with Gasteiger partial charge in [0.1, 0.15) is 11.4 Å². The van der Waals surface area contributed by atoms with Crippen molar-refractivity contribution < 1.29 is 13.9 Å². The number of esters is 1. The molecule has 0 unspecified atom stereocenters. The number of pyridine rings is 1. The summed E-state index contributed by atoms with van der Waals surface area (Å²) in [6, 6.07) is 2.53. The molecule has 19 heavy (non-hydrogen) atoms. The topological polar surface area (TPSA) is 77.2 Å². The van der Waals surface area contributed by atoms with Gasteiger partial charge in [-0.1, -0.05) is 11.6 Å². The number of aromatic nitrogens is 1. The first-order valence-electron chi connectivity index (χ1n) is 5.50. The lowest BCUT2D eigenvalue weighted by atomic mass is 10.1. The molecular weight excluding hydrogens is 273 g/mol. The third-order valence-electron chi connectivity index (χ3n) is 2.55. The van der Waals surface area contributed by atoms with Gasteiger partial charge in [-0.25, -0.2) is 9.18 Å². The zero-order chi connectivity index (χ0) is 14.0. The molecule has 2 rings (SSSR count). The number of hydrogen-bond donors (Lipinski definition) is 2. The Balaban J connectivity index is 2.68. The maximum atomic E-state index is 13.3. The quantitative estimate of drug-likeness (QED) is 0.514. The molecule has 0 atom stereocenters.